The molecule has 9 heteroatoms. The summed E-state index contributed by atoms with van der Waals surface area (Å²) in [4.78, 5) is -0.0655. The number of rotatable bonds is 9. The molecule has 0 unspecified atom stereocenters. The van der Waals surface area contributed by atoms with Crippen LogP contribution in [-0.2, 0) is 28.9 Å². The molecule has 30 heavy (non-hydrogen) atoms. The summed E-state index contributed by atoms with van der Waals surface area (Å²) in [5.74, 6) is 0. The highest BCUT2D eigenvalue weighted by molar-refractivity contribution is 7.90. The van der Waals surface area contributed by atoms with Crippen molar-refractivity contribution in [2.45, 2.75) is 57.0 Å². The monoisotopic (exact) mass is 450 g/mol. The van der Waals surface area contributed by atoms with Gasteiger partial charge in [-0.25, -0.2) is 8.42 Å². The molecular formula is C21H27N2O5PS. The quantitative estimate of drug-likeness (QED) is 0.556. The maximum atomic E-state index is 14.1. The van der Waals surface area contributed by atoms with Gasteiger partial charge in [-0.15, -0.1) is 0 Å². The SMILES string of the molecule is Cc1ccc(S(=O)(=O)N[C@@](C#N)(c2ccccc2)P(=O)(OC(C)C)OC(C)C)cc1. The lowest BCUT2D eigenvalue weighted by Crippen LogP contribution is -2.46. The lowest BCUT2D eigenvalue weighted by atomic mass is 10.1. The summed E-state index contributed by atoms with van der Waals surface area (Å²) in [5.41, 5.74) is 1.04. The van der Waals surface area contributed by atoms with Crippen LogP contribution < -0.4 is 4.72 Å². The summed E-state index contributed by atoms with van der Waals surface area (Å²) < 4.78 is 54.1. The number of hydrogen-bond donors (Lipinski definition) is 1. The third kappa shape index (κ3) is 5.18. The van der Waals surface area contributed by atoms with Gasteiger partial charge in [0.15, 0.2) is 0 Å². The van der Waals surface area contributed by atoms with Crippen molar-refractivity contribution in [3.63, 3.8) is 0 Å². The lowest BCUT2D eigenvalue weighted by Gasteiger charge is -2.36. The zero-order valence-electron chi connectivity index (χ0n) is 17.7. The van der Waals surface area contributed by atoms with E-state index >= 15 is 0 Å². The predicted octanol–water partition coefficient (Wildman–Crippen LogP) is 4.69. The van der Waals surface area contributed by atoms with Crippen molar-refractivity contribution in [1.29, 1.82) is 5.26 Å². The number of sulfonamides is 1. The molecule has 0 spiro atoms. The topological polar surface area (TPSA) is 105 Å². The Morgan fingerprint density at radius 1 is 0.967 bits per heavy atom. The van der Waals surface area contributed by atoms with Gasteiger partial charge in [-0.1, -0.05) is 48.0 Å². The number of nitrogens with zero attached hydrogens (tertiary/aromatic N) is 1. The molecule has 2 rings (SSSR count). The van der Waals surface area contributed by atoms with E-state index in [1.54, 1.807) is 58.0 Å². The van der Waals surface area contributed by atoms with Crippen molar-refractivity contribution in [3.8, 4) is 6.07 Å². The minimum Gasteiger partial charge on any atom is -0.304 e. The first-order valence-electron chi connectivity index (χ1n) is 9.50. The molecule has 0 aliphatic rings. The first kappa shape index (κ1) is 24.3. The molecule has 0 aliphatic carbocycles. The number of nitriles is 1. The molecule has 2 aromatic carbocycles. The van der Waals surface area contributed by atoms with Gasteiger partial charge in [0.25, 0.3) is 0 Å². The smallest absolute Gasteiger partial charge is 0.304 e. The lowest BCUT2D eigenvalue weighted by molar-refractivity contribution is 0.129. The van der Waals surface area contributed by atoms with E-state index in [1.807, 2.05) is 13.0 Å². The van der Waals surface area contributed by atoms with Gasteiger partial charge in [-0.05, 0) is 52.3 Å². The fourth-order valence-corrected chi connectivity index (χ4v) is 6.85. The third-order valence-corrected chi connectivity index (χ3v) is 8.39. The third-order valence-electron chi connectivity index (χ3n) is 4.08. The average Bonchev–Trinajstić information content (AvgIpc) is 2.65. The number of aryl methyl sites for hydroxylation is 1. The van der Waals surface area contributed by atoms with E-state index in [0.717, 1.165) is 5.56 Å². The van der Waals surface area contributed by atoms with Crippen LogP contribution in [0.2, 0.25) is 0 Å². The Labute approximate surface area is 178 Å². The molecule has 0 aromatic heterocycles. The molecule has 0 heterocycles. The molecule has 0 radical (unpaired) electrons. The summed E-state index contributed by atoms with van der Waals surface area (Å²) in [5, 5.41) is 7.95. The standard InChI is InChI=1S/C21H27N2O5PS/c1-16(2)27-29(24,28-17(3)4)21(15-22,19-9-7-6-8-10-19)23-30(25,26)20-13-11-18(5)12-14-20/h6-14,16-17,23H,1-5H3/t21-/m1/s1. The number of hydrogen-bond acceptors (Lipinski definition) is 6. The van der Waals surface area contributed by atoms with Crippen LogP contribution in [-0.4, -0.2) is 20.6 Å². The van der Waals surface area contributed by atoms with Crippen LogP contribution in [0.25, 0.3) is 0 Å². The summed E-state index contributed by atoms with van der Waals surface area (Å²) in [6.45, 7) is 8.38. The van der Waals surface area contributed by atoms with Crippen LogP contribution in [0.5, 0.6) is 0 Å². The van der Waals surface area contributed by atoms with E-state index in [2.05, 4.69) is 4.72 Å². The van der Waals surface area contributed by atoms with E-state index in [1.165, 1.54) is 24.3 Å². The summed E-state index contributed by atoms with van der Waals surface area (Å²) >= 11 is 0. The molecule has 0 bridgehead atoms. The van der Waals surface area contributed by atoms with Gasteiger partial charge in [-0.2, -0.15) is 9.98 Å². The van der Waals surface area contributed by atoms with Gasteiger partial charge in [0.1, 0.15) is 6.07 Å². The summed E-state index contributed by atoms with van der Waals surface area (Å²) in [6.07, 6.45) is -1.18. The summed E-state index contributed by atoms with van der Waals surface area (Å²) in [6, 6.07) is 16.0. The molecule has 162 valence electrons. The Kier molecular flexibility index (Phi) is 7.62. The van der Waals surface area contributed by atoms with Crippen molar-refractivity contribution in [2.24, 2.45) is 0 Å². The zero-order chi connectivity index (χ0) is 22.6. The van der Waals surface area contributed by atoms with Crippen molar-refractivity contribution in [1.82, 2.24) is 4.72 Å². The fraction of sp³-hybridized carbons (Fsp3) is 0.381. The van der Waals surface area contributed by atoms with E-state index in [0.29, 0.717) is 0 Å². The van der Waals surface area contributed by atoms with Gasteiger partial charge >= 0.3 is 7.60 Å². The largest absolute Gasteiger partial charge is 0.371 e. The van der Waals surface area contributed by atoms with Crippen molar-refractivity contribution < 1.29 is 22.0 Å². The van der Waals surface area contributed by atoms with E-state index in [4.69, 9.17) is 9.05 Å². The van der Waals surface area contributed by atoms with Crippen LogP contribution in [0.15, 0.2) is 59.5 Å². The minimum absolute atomic E-state index is 0.0655. The molecule has 0 aliphatic heterocycles. The molecule has 0 saturated carbocycles. The van der Waals surface area contributed by atoms with Crippen LogP contribution in [0.1, 0.15) is 38.8 Å². The second-order valence-corrected chi connectivity index (χ2v) is 11.2. The average molecular weight is 450 g/mol. The van der Waals surface area contributed by atoms with Crippen LogP contribution in [0.3, 0.4) is 0 Å². The Morgan fingerprint density at radius 3 is 1.90 bits per heavy atom. The second-order valence-electron chi connectivity index (χ2n) is 7.41. The van der Waals surface area contributed by atoms with Crippen molar-refractivity contribution >= 4 is 17.6 Å². The highest BCUT2D eigenvalue weighted by atomic mass is 32.2. The molecule has 0 fully saturated rings. The van der Waals surface area contributed by atoms with E-state index in [9.17, 15) is 18.2 Å². The normalized spacial score (nSPS) is 14.5. The van der Waals surface area contributed by atoms with Crippen LogP contribution in [0.4, 0.5) is 0 Å². The maximum Gasteiger partial charge on any atom is 0.371 e. The molecule has 0 amide bonds. The summed E-state index contributed by atoms with van der Waals surface area (Å²) in [7, 11) is -8.63. The predicted molar refractivity (Wildman–Crippen MR) is 115 cm³/mol. The van der Waals surface area contributed by atoms with Gasteiger partial charge in [0.05, 0.1) is 17.1 Å². The first-order chi connectivity index (χ1) is 14.0. The Morgan fingerprint density at radius 2 is 1.47 bits per heavy atom. The van der Waals surface area contributed by atoms with Gasteiger partial charge < -0.3 is 9.05 Å². The zero-order valence-corrected chi connectivity index (χ0v) is 19.4. The van der Waals surface area contributed by atoms with Gasteiger partial charge in [0, 0.05) is 0 Å². The Balaban J connectivity index is 2.75. The van der Waals surface area contributed by atoms with Crippen molar-refractivity contribution in [2.75, 3.05) is 0 Å². The molecule has 0 saturated heterocycles. The Hall–Kier alpha value is -2.01. The molecule has 7 nitrogen and oxygen atoms in total. The first-order valence-corrected chi connectivity index (χ1v) is 12.5. The second kappa shape index (κ2) is 9.42. The highest BCUT2D eigenvalue weighted by Crippen LogP contribution is 2.65. The highest BCUT2D eigenvalue weighted by Gasteiger charge is 2.57. The minimum atomic E-state index is -4.37. The maximum absolute atomic E-state index is 14.1. The van der Waals surface area contributed by atoms with Crippen LogP contribution in [0, 0.1) is 18.3 Å². The van der Waals surface area contributed by atoms with Gasteiger partial charge in [0.2, 0.25) is 15.3 Å². The molecule has 2 aromatic rings. The Bertz CT molecular complexity index is 1030. The van der Waals surface area contributed by atoms with Gasteiger partial charge in [-0.3, -0.25) is 4.57 Å². The molecular weight excluding hydrogens is 423 g/mol. The van der Waals surface area contributed by atoms with E-state index < -0.39 is 35.1 Å². The molecule has 1 N–H and O–H groups in total. The number of nitrogens with one attached hydrogen (secondary N) is 1. The fourth-order valence-electron chi connectivity index (χ4n) is 2.81. The van der Waals surface area contributed by atoms with Crippen LogP contribution >= 0.6 is 7.60 Å². The molecule has 1 atom stereocenters. The van der Waals surface area contributed by atoms with E-state index in [-0.39, 0.29) is 10.5 Å². The van der Waals surface area contributed by atoms with Crippen molar-refractivity contribution in [3.05, 3.63) is 65.7 Å². The number of benzene rings is 2.